The summed E-state index contributed by atoms with van der Waals surface area (Å²) < 4.78 is 37.9. The molecule has 0 saturated carbocycles. The van der Waals surface area contributed by atoms with E-state index < -0.39 is 11.9 Å². The van der Waals surface area contributed by atoms with Crippen LogP contribution >= 0.6 is 0 Å². The number of rotatable bonds is 0. The molecule has 0 amide bonds. The smallest absolute Gasteiger partial charge is 0.333 e. The van der Waals surface area contributed by atoms with Gasteiger partial charge in [-0.3, -0.25) is 0 Å². The Balaban J connectivity index is 2.32. The SMILES string of the molecule is NC1Cc2nc(C(F)(F)F)cn2C1. The third-order valence-electron chi connectivity index (χ3n) is 2.03. The summed E-state index contributed by atoms with van der Waals surface area (Å²) in [5.41, 5.74) is 4.72. The van der Waals surface area contributed by atoms with Crippen molar-refractivity contribution in [2.24, 2.45) is 5.73 Å². The summed E-state index contributed by atoms with van der Waals surface area (Å²) in [5, 5.41) is 0. The van der Waals surface area contributed by atoms with Gasteiger partial charge >= 0.3 is 6.18 Å². The molecule has 1 aliphatic heterocycles. The van der Waals surface area contributed by atoms with Crippen molar-refractivity contribution in [1.82, 2.24) is 9.55 Å². The fourth-order valence-corrected chi connectivity index (χ4v) is 1.46. The van der Waals surface area contributed by atoms with Crippen LogP contribution in [0.1, 0.15) is 11.5 Å². The third kappa shape index (κ3) is 1.41. The molecule has 0 bridgehead atoms. The van der Waals surface area contributed by atoms with Crippen LogP contribution in [-0.2, 0) is 19.1 Å². The maximum absolute atomic E-state index is 12.1. The van der Waals surface area contributed by atoms with E-state index in [-0.39, 0.29) is 6.04 Å². The van der Waals surface area contributed by atoms with Crippen LogP contribution in [0.15, 0.2) is 6.20 Å². The molecule has 2 N–H and O–H groups in total. The van der Waals surface area contributed by atoms with Crippen molar-refractivity contribution in [3.8, 4) is 0 Å². The van der Waals surface area contributed by atoms with Crippen molar-refractivity contribution in [3.63, 3.8) is 0 Å². The van der Waals surface area contributed by atoms with E-state index in [1.165, 1.54) is 4.57 Å². The lowest BCUT2D eigenvalue weighted by atomic mass is 10.3. The number of hydrogen-bond acceptors (Lipinski definition) is 2. The van der Waals surface area contributed by atoms with Gasteiger partial charge in [0.25, 0.3) is 0 Å². The maximum Gasteiger partial charge on any atom is 0.434 e. The Hall–Kier alpha value is -1.04. The monoisotopic (exact) mass is 191 g/mol. The molecule has 0 spiro atoms. The van der Waals surface area contributed by atoms with E-state index >= 15 is 0 Å². The fraction of sp³-hybridized carbons (Fsp3) is 0.571. The number of alkyl halides is 3. The topological polar surface area (TPSA) is 43.8 Å². The van der Waals surface area contributed by atoms with Gasteiger partial charge in [0.05, 0.1) is 0 Å². The van der Waals surface area contributed by atoms with Crippen LogP contribution in [0.5, 0.6) is 0 Å². The molecular formula is C7H8F3N3. The second-order valence-corrected chi connectivity index (χ2v) is 3.16. The summed E-state index contributed by atoms with van der Waals surface area (Å²) in [7, 11) is 0. The lowest BCUT2D eigenvalue weighted by Crippen LogP contribution is -2.21. The molecule has 0 aliphatic carbocycles. The average Bonchev–Trinajstić information content (AvgIpc) is 2.40. The Morgan fingerprint density at radius 2 is 2.23 bits per heavy atom. The minimum atomic E-state index is -4.35. The molecule has 72 valence electrons. The summed E-state index contributed by atoms with van der Waals surface area (Å²) in [6, 6.07) is -0.0928. The zero-order valence-corrected chi connectivity index (χ0v) is 6.67. The molecule has 6 heteroatoms. The van der Waals surface area contributed by atoms with Crippen molar-refractivity contribution in [2.45, 2.75) is 25.2 Å². The number of nitrogens with two attached hydrogens (primary N) is 1. The summed E-state index contributed by atoms with van der Waals surface area (Å²) >= 11 is 0. The van der Waals surface area contributed by atoms with Crippen molar-refractivity contribution >= 4 is 0 Å². The molecule has 2 rings (SSSR count). The Bertz CT molecular complexity index is 305. The highest BCUT2D eigenvalue weighted by atomic mass is 19.4. The standard InChI is InChI=1S/C7H8F3N3/c8-7(9,10)5-3-13-2-4(11)1-6(13)12-5/h3-4H,1-2,11H2. The van der Waals surface area contributed by atoms with Gasteiger partial charge in [0, 0.05) is 25.2 Å². The normalized spacial score (nSPS) is 22.0. The van der Waals surface area contributed by atoms with Gasteiger partial charge in [0.2, 0.25) is 0 Å². The molecule has 3 nitrogen and oxygen atoms in total. The van der Waals surface area contributed by atoms with Gasteiger partial charge in [-0.05, 0) is 0 Å². The van der Waals surface area contributed by atoms with Gasteiger partial charge in [0.15, 0.2) is 5.69 Å². The molecule has 13 heavy (non-hydrogen) atoms. The molecule has 0 fully saturated rings. The molecule has 0 saturated heterocycles. The van der Waals surface area contributed by atoms with Crippen LogP contribution in [-0.4, -0.2) is 15.6 Å². The molecule has 1 aromatic rings. The average molecular weight is 191 g/mol. The first kappa shape index (κ1) is 8.55. The van der Waals surface area contributed by atoms with Gasteiger partial charge in [-0.15, -0.1) is 0 Å². The van der Waals surface area contributed by atoms with Crippen molar-refractivity contribution in [2.75, 3.05) is 0 Å². The largest absolute Gasteiger partial charge is 0.434 e. The predicted molar refractivity (Wildman–Crippen MR) is 38.9 cm³/mol. The number of nitrogens with zero attached hydrogens (tertiary/aromatic N) is 2. The molecule has 0 radical (unpaired) electrons. The van der Waals surface area contributed by atoms with E-state index in [9.17, 15) is 13.2 Å². The molecule has 0 aromatic carbocycles. The quantitative estimate of drug-likeness (QED) is 0.658. The lowest BCUT2D eigenvalue weighted by molar-refractivity contribution is -0.141. The zero-order valence-electron chi connectivity index (χ0n) is 6.67. The lowest BCUT2D eigenvalue weighted by Gasteiger charge is -2.02. The summed E-state index contributed by atoms with van der Waals surface area (Å²) in [4.78, 5) is 3.47. The van der Waals surface area contributed by atoms with E-state index in [0.717, 1.165) is 6.20 Å². The van der Waals surface area contributed by atoms with Crippen LogP contribution in [0, 0.1) is 0 Å². The Morgan fingerprint density at radius 3 is 2.77 bits per heavy atom. The van der Waals surface area contributed by atoms with Gasteiger partial charge in [0.1, 0.15) is 5.82 Å². The Kier molecular flexibility index (Phi) is 1.63. The Labute approximate surface area is 72.4 Å². The van der Waals surface area contributed by atoms with Crippen molar-refractivity contribution < 1.29 is 13.2 Å². The first-order valence-electron chi connectivity index (χ1n) is 3.85. The predicted octanol–water partition coefficient (Wildman–Crippen LogP) is 0.785. The fourth-order valence-electron chi connectivity index (χ4n) is 1.46. The van der Waals surface area contributed by atoms with Crippen LogP contribution in [0.4, 0.5) is 13.2 Å². The maximum atomic E-state index is 12.1. The summed E-state index contributed by atoms with van der Waals surface area (Å²) in [5.74, 6) is 0.430. The second kappa shape index (κ2) is 2.47. The number of fused-ring (bicyclic) bond motifs is 1. The molecule has 1 unspecified atom stereocenters. The molecule has 2 heterocycles. The van der Waals surface area contributed by atoms with Crippen LogP contribution < -0.4 is 5.73 Å². The number of aromatic nitrogens is 2. The first-order chi connectivity index (χ1) is 5.97. The second-order valence-electron chi connectivity index (χ2n) is 3.16. The minimum absolute atomic E-state index is 0.0928. The molecule has 1 aromatic heterocycles. The molecule has 1 aliphatic rings. The number of halogens is 3. The van der Waals surface area contributed by atoms with Gasteiger partial charge in [-0.25, -0.2) is 4.98 Å². The van der Waals surface area contributed by atoms with Crippen molar-refractivity contribution in [3.05, 3.63) is 17.7 Å². The van der Waals surface area contributed by atoms with Gasteiger partial charge in [-0.2, -0.15) is 13.2 Å². The van der Waals surface area contributed by atoms with Crippen LogP contribution in [0.2, 0.25) is 0 Å². The minimum Gasteiger partial charge on any atom is -0.333 e. The van der Waals surface area contributed by atoms with E-state index in [0.29, 0.717) is 18.8 Å². The highest BCUT2D eigenvalue weighted by molar-refractivity contribution is 5.12. The zero-order chi connectivity index (χ0) is 9.64. The molecular weight excluding hydrogens is 183 g/mol. The van der Waals surface area contributed by atoms with E-state index in [1.807, 2.05) is 0 Å². The molecule has 1 atom stereocenters. The van der Waals surface area contributed by atoms with Gasteiger partial charge < -0.3 is 10.3 Å². The van der Waals surface area contributed by atoms with E-state index in [1.54, 1.807) is 0 Å². The highest BCUT2D eigenvalue weighted by Crippen LogP contribution is 2.29. The van der Waals surface area contributed by atoms with Gasteiger partial charge in [-0.1, -0.05) is 0 Å². The number of imidazole rings is 1. The summed E-state index contributed by atoms with van der Waals surface area (Å²) in [6.07, 6.45) is -2.90. The van der Waals surface area contributed by atoms with Crippen molar-refractivity contribution in [1.29, 1.82) is 0 Å². The highest BCUT2D eigenvalue weighted by Gasteiger charge is 2.36. The first-order valence-corrected chi connectivity index (χ1v) is 3.85. The van der Waals surface area contributed by atoms with Crippen LogP contribution in [0.25, 0.3) is 0 Å². The third-order valence-corrected chi connectivity index (χ3v) is 2.03. The number of hydrogen-bond donors (Lipinski definition) is 1. The summed E-state index contributed by atoms with van der Waals surface area (Å²) in [6.45, 7) is 0.429. The van der Waals surface area contributed by atoms with Crippen LogP contribution in [0.3, 0.4) is 0 Å². The van der Waals surface area contributed by atoms with E-state index in [2.05, 4.69) is 4.98 Å². The van der Waals surface area contributed by atoms with E-state index in [4.69, 9.17) is 5.73 Å². The Morgan fingerprint density at radius 1 is 1.54 bits per heavy atom.